The highest BCUT2D eigenvalue weighted by molar-refractivity contribution is 5.75. The molecule has 3 rings (SSSR count). The zero-order chi connectivity index (χ0) is 18.0. The van der Waals surface area contributed by atoms with Gasteiger partial charge in [-0.3, -0.25) is 9.78 Å². The first-order valence-corrected chi connectivity index (χ1v) is 8.80. The Balaban J connectivity index is 1.36. The predicted molar refractivity (Wildman–Crippen MR) is 97.2 cm³/mol. The Morgan fingerprint density at radius 1 is 0.885 bits per heavy atom. The summed E-state index contributed by atoms with van der Waals surface area (Å²) < 4.78 is 5.62. The molecule has 0 bridgehead atoms. The van der Waals surface area contributed by atoms with Crippen molar-refractivity contribution in [1.82, 2.24) is 20.5 Å². The number of hydrogen-bond donors (Lipinski definition) is 1. The van der Waals surface area contributed by atoms with Crippen LogP contribution in [0.2, 0.25) is 0 Å². The van der Waals surface area contributed by atoms with Gasteiger partial charge in [-0.05, 0) is 36.1 Å². The smallest absolute Gasteiger partial charge is 0.220 e. The normalized spacial score (nSPS) is 10.6. The van der Waals surface area contributed by atoms with Crippen LogP contribution in [0.15, 0.2) is 59.3 Å². The first kappa shape index (κ1) is 17.8. The molecule has 0 unspecified atom stereocenters. The minimum atomic E-state index is -0.0364. The largest absolute Gasteiger partial charge is 0.425 e. The topological polar surface area (TPSA) is 80.9 Å². The van der Waals surface area contributed by atoms with Crippen molar-refractivity contribution in [3.8, 4) is 0 Å². The number of carbonyl (C=O) groups is 1. The average molecular weight is 350 g/mol. The molecule has 2 heterocycles. The molecule has 0 spiro atoms. The third-order valence-electron chi connectivity index (χ3n) is 4.01. The fraction of sp³-hybridized carbons (Fsp3) is 0.300. The lowest BCUT2D eigenvalue weighted by Gasteiger charge is -2.03. The Morgan fingerprint density at radius 3 is 2.38 bits per heavy atom. The van der Waals surface area contributed by atoms with E-state index in [2.05, 4.69) is 32.6 Å². The van der Waals surface area contributed by atoms with Crippen molar-refractivity contribution >= 4 is 5.91 Å². The number of benzene rings is 1. The molecule has 6 heteroatoms. The quantitative estimate of drug-likeness (QED) is 0.642. The van der Waals surface area contributed by atoms with Gasteiger partial charge in [0.25, 0.3) is 0 Å². The molecule has 26 heavy (non-hydrogen) atoms. The third kappa shape index (κ3) is 5.81. The molecule has 0 aliphatic rings. The molecule has 134 valence electrons. The Morgan fingerprint density at radius 2 is 1.62 bits per heavy atom. The number of hydrogen-bond acceptors (Lipinski definition) is 5. The summed E-state index contributed by atoms with van der Waals surface area (Å²) in [4.78, 5) is 15.9. The Bertz CT molecular complexity index is 803. The molecule has 0 radical (unpaired) electrons. The second-order valence-electron chi connectivity index (χ2n) is 6.06. The van der Waals surface area contributed by atoms with Crippen LogP contribution in [-0.2, 0) is 30.6 Å². The van der Waals surface area contributed by atoms with Gasteiger partial charge in [-0.1, -0.05) is 30.3 Å². The summed E-state index contributed by atoms with van der Waals surface area (Å²) in [6.07, 6.45) is 6.88. The summed E-state index contributed by atoms with van der Waals surface area (Å²) in [7, 11) is 0. The zero-order valence-corrected chi connectivity index (χ0v) is 14.6. The molecule has 0 fully saturated rings. The van der Waals surface area contributed by atoms with Crippen molar-refractivity contribution in [3.63, 3.8) is 0 Å². The number of aryl methyl sites for hydroxylation is 3. The van der Waals surface area contributed by atoms with Gasteiger partial charge >= 0.3 is 0 Å². The van der Waals surface area contributed by atoms with Crippen molar-refractivity contribution < 1.29 is 9.21 Å². The standard InChI is InChI=1S/C20H22N4O2/c25-18(22-15-17-11-13-21-14-12-17)9-10-20-24-23-19(26-20)8-4-7-16-5-2-1-3-6-16/h1-3,5-6,11-14H,4,7-10,15H2,(H,22,25). The first-order valence-electron chi connectivity index (χ1n) is 8.80. The fourth-order valence-electron chi connectivity index (χ4n) is 2.59. The molecule has 1 aromatic carbocycles. The SMILES string of the molecule is O=C(CCc1nnc(CCCc2ccccc2)o1)NCc1ccncc1. The van der Waals surface area contributed by atoms with Gasteiger partial charge in [0.05, 0.1) is 0 Å². The van der Waals surface area contributed by atoms with Gasteiger partial charge in [0.2, 0.25) is 17.7 Å². The second kappa shape index (κ2) is 9.46. The van der Waals surface area contributed by atoms with Crippen LogP contribution in [-0.4, -0.2) is 21.1 Å². The van der Waals surface area contributed by atoms with Crippen LogP contribution >= 0.6 is 0 Å². The van der Waals surface area contributed by atoms with Gasteiger partial charge in [0.15, 0.2) is 0 Å². The maximum atomic E-state index is 11.9. The van der Waals surface area contributed by atoms with Gasteiger partial charge < -0.3 is 9.73 Å². The highest BCUT2D eigenvalue weighted by atomic mass is 16.4. The summed E-state index contributed by atoms with van der Waals surface area (Å²) >= 11 is 0. The number of rotatable bonds is 9. The van der Waals surface area contributed by atoms with Gasteiger partial charge in [0, 0.05) is 38.2 Å². The maximum absolute atomic E-state index is 11.9. The monoisotopic (exact) mass is 350 g/mol. The van der Waals surface area contributed by atoms with Crippen molar-refractivity contribution in [2.45, 2.75) is 38.6 Å². The molecule has 6 nitrogen and oxygen atoms in total. The van der Waals surface area contributed by atoms with Crippen molar-refractivity contribution in [3.05, 3.63) is 77.8 Å². The minimum Gasteiger partial charge on any atom is -0.425 e. The summed E-state index contributed by atoms with van der Waals surface area (Å²) in [5.41, 5.74) is 2.32. The van der Waals surface area contributed by atoms with E-state index < -0.39 is 0 Å². The average Bonchev–Trinajstić information content (AvgIpc) is 3.14. The van der Waals surface area contributed by atoms with E-state index in [-0.39, 0.29) is 5.91 Å². The number of amides is 1. The van der Waals surface area contributed by atoms with E-state index in [9.17, 15) is 4.79 Å². The molecule has 1 amide bonds. The predicted octanol–water partition coefficient (Wildman–Crippen LogP) is 2.89. The van der Waals surface area contributed by atoms with E-state index >= 15 is 0 Å². The van der Waals surface area contributed by atoms with Crippen LogP contribution in [0.3, 0.4) is 0 Å². The van der Waals surface area contributed by atoms with E-state index in [0.29, 0.717) is 31.2 Å². The summed E-state index contributed by atoms with van der Waals surface area (Å²) in [6, 6.07) is 14.1. The van der Waals surface area contributed by atoms with Crippen LogP contribution in [0, 0.1) is 0 Å². The van der Waals surface area contributed by atoms with Crippen molar-refractivity contribution in [2.24, 2.45) is 0 Å². The molecular formula is C20H22N4O2. The van der Waals surface area contributed by atoms with Crippen molar-refractivity contribution in [2.75, 3.05) is 0 Å². The molecular weight excluding hydrogens is 328 g/mol. The number of carbonyl (C=O) groups excluding carboxylic acids is 1. The molecule has 1 N–H and O–H groups in total. The number of aromatic nitrogens is 3. The van der Waals surface area contributed by atoms with Gasteiger partial charge in [-0.2, -0.15) is 0 Å². The third-order valence-corrected chi connectivity index (χ3v) is 4.01. The summed E-state index contributed by atoms with van der Waals surface area (Å²) in [5.74, 6) is 1.11. The van der Waals surface area contributed by atoms with Crippen LogP contribution in [0.4, 0.5) is 0 Å². The van der Waals surface area contributed by atoms with Crippen LogP contribution in [0.25, 0.3) is 0 Å². The Labute approximate surface area is 152 Å². The van der Waals surface area contributed by atoms with E-state index in [0.717, 1.165) is 24.8 Å². The minimum absolute atomic E-state index is 0.0364. The highest BCUT2D eigenvalue weighted by Gasteiger charge is 2.09. The molecule has 0 aliphatic carbocycles. The van der Waals surface area contributed by atoms with Gasteiger partial charge in [0.1, 0.15) is 0 Å². The molecule has 2 aromatic heterocycles. The van der Waals surface area contributed by atoms with E-state index in [1.807, 2.05) is 30.3 Å². The van der Waals surface area contributed by atoms with Gasteiger partial charge in [-0.15, -0.1) is 10.2 Å². The second-order valence-corrected chi connectivity index (χ2v) is 6.06. The number of nitrogens with one attached hydrogen (secondary N) is 1. The van der Waals surface area contributed by atoms with E-state index in [1.165, 1.54) is 5.56 Å². The number of nitrogens with zero attached hydrogens (tertiary/aromatic N) is 3. The first-order chi connectivity index (χ1) is 12.8. The van der Waals surface area contributed by atoms with E-state index in [4.69, 9.17) is 4.42 Å². The fourth-order valence-corrected chi connectivity index (χ4v) is 2.59. The summed E-state index contributed by atoms with van der Waals surface area (Å²) in [5, 5.41) is 11.0. The summed E-state index contributed by atoms with van der Waals surface area (Å²) in [6.45, 7) is 0.496. The van der Waals surface area contributed by atoms with Crippen LogP contribution in [0.1, 0.15) is 35.7 Å². The molecule has 0 atom stereocenters. The highest BCUT2D eigenvalue weighted by Crippen LogP contribution is 2.09. The molecule has 0 aliphatic heterocycles. The molecule has 0 saturated carbocycles. The molecule has 0 saturated heterocycles. The van der Waals surface area contributed by atoms with Crippen LogP contribution < -0.4 is 5.32 Å². The maximum Gasteiger partial charge on any atom is 0.220 e. The van der Waals surface area contributed by atoms with E-state index in [1.54, 1.807) is 12.4 Å². The lowest BCUT2D eigenvalue weighted by molar-refractivity contribution is -0.121. The lowest BCUT2D eigenvalue weighted by atomic mass is 10.1. The Hall–Kier alpha value is -3.02. The Kier molecular flexibility index (Phi) is 6.47. The zero-order valence-electron chi connectivity index (χ0n) is 14.6. The molecule has 3 aromatic rings. The lowest BCUT2D eigenvalue weighted by Crippen LogP contribution is -2.23. The van der Waals surface area contributed by atoms with Crippen LogP contribution in [0.5, 0.6) is 0 Å². The van der Waals surface area contributed by atoms with Gasteiger partial charge in [-0.25, -0.2) is 0 Å². The number of pyridine rings is 1. The van der Waals surface area contributed by atoms with Crippen molar-refractivity contribution in [1.29, 1.82) is 0 Å².